The molecule has 0 spiro atoms. The van der Waals surface area contributed by atoms with Crippen LogP contribution in [0.2, 0.25) is 0 Å². The summed E-state index contributed by atoms with van der Waals surface area (Å²) in [5, 5.41) is 9.68. The molecular formula is C20H23FN2O4. The molecule has 0 aliphatic carbocycles. The summed E-state index contributed by atoms with van der Waals surface area (Å²) < 4.78 is 24.8. The molecule has 1 atom stereocenters. The Hall–Kier alpha value is -2.51. The highest BCUT2D eigenvalue weighted by molar-refractivity contribution is 5.75. The number of likely N-dealkylation sites (tertiary alicyclic amines) is 1. The fourth-order valence-electron chi connectivity index (χ4n) is 3.35. The van der Waals surface area contributed by atoms with Crippen molar-refractivity contribution in [3.8, 4) is 5.75 Å². The number of carboxylic acid groups (broad SMARTS) is 1. The fourth-order valence-corrected chi connectivity index (χ4v) is 3.35. The highest BCUT2D eigenvalue weighted by Crippen LogP contribution is 2.29. The number of nitrogens with zero attached hydrogens (tertiary/aromatic N) is 2. The van der Waals surface area contributed by atoms with Crippen molar-refractivity contribution in [2.24, 2.45) is 0 Å². The van der Waals surface area contributed by atoms with Gasteiger partial charge in [-0.1, -0.05) is 12.1 Å². The number of hydrogen-bond acceptors (Lipinski definition) is 5. The molecule has 1 aliphatic rings. The van der Waals surface area contributed by atoms with E-state index in [1.54, 1.807) is 12.3 Å². The van der Waals surface area contributed by atoms with Gasteiger partial charge in [0.05, 0.1) is 25.5 Å². The lowest BCUT2D eigenvalue weighted by molar-refractivity contribution is -0.145. The summed E-state index contributed by atoms with van der Waals surface area (Å²) in [6.07, 6.45) is 3.22. The first kappa shape index (κ1) is 19.3. The van der Waals surface area contributed by atoms with Crippen LogP contribution in [0.1, 0.15) is 30.1 Å². The summed E-state index contributed by atoms with van der Waals surface area (Å²) in [5.74, 6) is -1.45. The summed E-state index contributed by atoms with van der Waals surface area (Å²) in [6.45, 7) is 1.58. The number of ether oxygens (including phenoxy) is 2. The normalized spacial score (nSPS) is 16.8. The Bertz CT molecular complexity index is 764. The first-order valence-electron chi connectivity index (χ1n) is 8.90. The van der Waals surface area contributed by atoms with E-state index in [1.165, 1.54) is 19.2 Å². The van der Waals surface area contributed by atoms with Gasteiger partial charge in [0.1, 0.15) is 6.04 Å². The minimum atomic E-state index is -0.993. The minimum absolute atomic E-state index is 0.0605. The van der Waals surface area contributed by atoms with E-state index >= 15 is 0 Å². The van der Waals surface area contributed by atoms with Gasteiger partial charge in [0.15, 0.2) is 11.6 Å². The molecule has 1 unspecified atom stereocenters. The topological polar surface area (TPSA) is 71.9 Å². The van der Waals surface area contributed by atoms with Gasteiger partial charge in [-0.15, -0.1) is 0 Å². The van der Waals surface area contributed by atoms with E-state index in [2.05, 4.69) is 4.98 Å². The molecule has 27 heavy (non-hydrogen) atoms. The monoisotopic (exact) mass is 374 g/mol. The molecule has 1 saturated heterocycles. The largest absolute Gasteiger partial charge is 0.494 e. The lowest BCUT2D eigenvalue weighted by atomic mass is 10.00. The Morgan fingerprint density at radius 3 is 2.70 bits per heavy atom. The fraction of sp³-hybridized carbons (Fsp3) is 0.400. The van der Waals surface area contributed by atoms with Crippen LogP contribution in [0.5, 0.6) is 5.75 Å². The molecule has 0 radical (unpaired) electrons. The third-order valence-corrected chi connectivity index (χ3v) is 4.76. The number of carboxylic acids is 1. The van der Waals surface area contributed by atoms with E-state index in [0.29, 0.717) is 25.3 Å². The van der Waals surface area contributed by atoms with Crippen LogP contribution in [0.4, 0.5) is 4.39 Å². The van der Waals surface area contributed by atoms with Gasteiger partial charge in [0, 0.05) is 19.3 Å². The zero-order chi connectivity index (χ0) is 19.2. The van der Waals surface area contributed by atoms with Crippen LogP contribution < -0.4 is 4.74 Å². The lowest BCUT2D eigenvalue weighted by Gasteiger charge is -2.35. The molecule has 6 nitrogen and oxygen atoms in total. The van der Waals surface area contributed by atoms with Crippen molar-refractivity contribution in [3.63, 3.8) is 0 Å². The quantitative estimate of drug-likeness (QED) is 0.803. The highest BCUT2D eigenvalue weighted by Gasteiger charge is 2.31. The van der Waals surface area contributed by atoms with Crippen LogP contribution in [0, 0.1) is 5.82 Å². The number of aliphatic carboxylic acids is 1. The Labute approximate surface area is 157 Å². The van der Waals surface area contributed by atoms with Crippen molar-refractivity contribution in [2.75, 3.05) is 20.2 Å². The maximum absolute atomic E-state index is 14.0. The van der Waals surface area contributed by atoms with Crippen molar-refractivity contribution in [1.29, 1.82) is 0 Å². The second kappa shape index (κ2) is 8.92. The predicted molar refractivity (Wildman–Crippen MR) is 96.9 cm³/mol. The first-order chi connectivity index (χ1) is 13.1. The number of pyridine rings is 1. The summed E-state index contributed by atoms with van der Waals surface area (Å²) in [6, 6.07) is 9.10. The number of halogens is 1. The van der Waals surface area contributed by atoms with Crippen molar-refractivity contribution in [3.05, 3.63) is 59.7 Å². The molecule has 1 aromatic heterocycles. The van der Waals surface area contributed by atoms with Gasteiger partial charge < -0.3 is 14.6 Å². The third kappa shape index (κ3) is 4.81. The van der Waals surface area contributed by atoms with Crippen LogP contribution in [0.3, 0.4) is 0 Å². The Morgan fingerprint density at radius 1 is 1.33 bits per heavy atom. The van der Waals surface area contributed by atoms with Crippen LogP contribution in [0.15, 0.2) is 42.6 Å². The molecule has 1 fully saturated rings. The smallest absolute Gasteiger partial charge is 0.325 e. The number of rotatable bonds is 7. The summed E-state index contributed by atoms with van der Waals surface area (Å²) in [5.41, 5.74) is 1.28. The molecule has 2 heterocycles. The third-order valence-electron chi connectivity index (χ3n) is 4.76. The number of hydrogen-bond donors (Lipinski definition) is 1. The van der Waals surface area contributed by atoms with Crippen LogP contribution >= 0.6 is 0 Å². The van der Waals surface area contributed by atoms with Gasteiger partial charge in [0.25, 0.3) is 0 Å². The van der Waals surface area contributed by atoms with E-state index in [0.717, 1.165) is 18.5 Å². The summed E-state index contributed by atoms with van der Waals surface area (Å²) in [4.78, 5) is 17.9. The zero-order valence-electron chi connectivity index (χ0n) is 15.2. The van der Waals surface area contributed by atoms with Gasteiger partial charge in [-0.25, -0.2) is 4.39 Å². The summed E-state index contributed by atoms with van der Waals surface area (Å²) >= 11 is 0. The van der Waals surface area contributed by atoms with Crippen LogP contribution in [-0.2, 0) is 16.1 Å². The second-order valence-electron chi connectivity index (χ2n) is 6.50. The Kier molecular flexibility index (Phi) is 6.36. The van der Waals surface area contributed by atoms with E-state index in [-0.39, 0.29) is 11.9 Å². The van der Waals surface area contributed by atoms with Crippen molar-refractivity contribution >= 4 is 5.97 Å². The maximum Gasteiger partial charge on any atom is 0.325 e. The van der Waals surface area contributed by atoms with E-state index < -0.39 is 17.8 Å². The van der Waals surface area contributed by atoms with Gasteiger partial charge in [-0.3, -0.25) is 14.7 Å². The number of methoxy groups -OCH3 is 1. The van der Waals surface area contributed by atoms with Crippen molar-refractivity contribution < 1.29 is 23.8 Å². The molecule has 7 heteroatoms. The SMILES string of the molecule is COc1ccc(C(C(=O)O)N2CCC(OCc3ccccn3)CC2)cc1F. The van der Waals surface area contributed by atoms with Gasteiger partial charge in [-0.2, -0.15) is 0 Å². The van der Waals surface area contributed by atoms with Gasteiger partial charge in [-0.05, 0) is 42.7 Å². The molecule has 2 aromatic rings. The standard InChI is InChI=1S/C20H23FN2O4/c1-26-18-6-5-14(12-17(18)21)19(20(24)25)23-10-7-16(8-11-23)27-13-15-4-2-3-9-22-15/h2-6,9,12,16,19H,7-8,10-11,13H2,1H3,(H,24,25). The first-order valence-corrected chi connectivity index (χ1v) is 8.90. The zero-order valence-corrected chi connectivity index (χ0v) is 15.2. The minimum Gasteiger partial charge on any atom is -0.494 e. The van der Waals surface area contributed by atoms with E-state index in [9.17, 15) is 14.3 Å². The average molecular weight is 374 g/mol. The molecular weight excluding hydrogens is 351 g/mol. The molecule has 0 saturated carbocycles. The van der Waals surface area contributed by atoms with Gasteiger partial charge in [0.2, 0.25) is 0 Å². The van der Waals surface area contributed by atoms with E-state index in [1.807, 2.05) is 23.1 Å². The highest BCUT2D eigenvalue weighted by atomic mass is 19.1. The summed E-state index contributed by atoms with van der Waals surface area (Å²) in [7, 11) is 1.38. The molecule has 1 N–H and O–H groups in total. The van der Waals surface area contributed by atoms with Gasteiger partial charge >= 0.3 is 5.97 Å². The molecule has 144 valence electrons. The van der Waals surface area contributed by atoms with Crippen molar-refractivity contribution in [2.45, 2.75) is 31.6 Å². The molecule has 1 aromatic carbocycles. The van der Waals surface area contributed by atoms with Crippen LogP contribution in [-0.4, -0.2) is 47.3 Å². The maximum atomic E-state index is 14.0. The van der Waals surface area contributed by atoms with Crippen LogP contribution in [0.25, 0.3) is 0 Å². The molecule has 0 bridgehead atoms. The number of carbonyl (C=O) groups is 1. The molecule has 1 aliphatic heterocycles. The predicted octanol–water partition coefficient (Wildman–Crippen LogP) is 3.04. The second-order valence-corrected chi connectivity index (χ2v) is 6.50. The molecule has 3 rings (SSSR count). The molecule has 0 amide bonds. The average Bonchev–Trinajstić information content (AvgIpc) is 2.68. The Balaban J connectivity index is 1.60. The lowest BCUT2D eigenvalue weighted by Crippen LogP contribution is -2.42. The Morgan fingerprint density at radius 2 is 2.11 bits per heavy atom. The van der Waals surface area contributed by atoms with Crippen molar-refractivity contribution in [1.82, 2.24) is 9.88 Å². The van der Waals surface area contributed by atoms with E-state index in [4.69, 9.17) is 9.47 Å². The number of piperidine rings is 1. The number of aromatic nitrogens is 1. The number of benzene rings is 1.